The Balaban J connectivity index is 0.00000196. The van der Waals surface area contributed by atoms with Crippen molar-refractivity contribution in [3.63, 3.8) is 0 Å². The number of methoxy groups -OCH3 is 1. The van der Waals surface area contributed by atoms with E-state index in [1.165, 1.54) is 23.9 Å². The number of hydrogen-bond donors (Lipinski definition) is 2. The molecule has 2 atom stereocenters. The zero-order valence-electron chi connectivity index (χ0n) is 14.6. The molecule has 0 aliphatic carbocycles. The van der Waals surface area contributed by atoms with Crippen molar-refractivity contribution in [2.75, 3.05) is 12.4 Å². The van der Waals surface area contributed by atoms with Crippen LogP contribution in [0.4, 0.5) is 5.69 Å². The van der Waals surface area contributed by atoms with Crippen molar-refractivity contribution in [2.24, 2.45) is 5.92 Å². The highest BCUT2D eigenvalue weighted by Gasteiger charge is 2.34. The van der Waals surface area contributed by atoms with Crippen molar-refractivity contribution in [1.29, 1.82) is 0 Å². The lowest BCUT2D eigenvalue weighted by Gasteiger charge is -2.28. The number of piperidine rings is 1. The van der Waals surface area contributed by atoms with E-state index in [4.69, 9.17) is 4.74 Å². The van der Waals surface area contributed by atoms with Gasteiger partial charge in [-0.1, -0.05) is 0 Å². The van der Waals surface area contributed by atoms with Gasteiger partial charge in [0.25, 0.3) is 0 Å². The maximum atomic E-state index is 12.5. The second kappa shape index (κ2) is 8.01. The third kappa shape index (κ3) is 3.96. The standard InChI is InChI=1S/C17H22N6O2.ClH/c1-25-16-5-4-14(9-15(16)23-10-18-21-22-23)20-17(24)8-11-6-12-2-3-13(7-11)19-12;/h4-5,9-13,19H,2-3,6-8H2,1H3,(H,20,24);1H. The highest BCUT2D eigenvalue weighted by Crippen LogP contribution is 2.33. The molecule has 2 bridgehead atoms. The SMILES string of the molecule is COc1ccc(NC(=O)CC2CC3CCC(C2)N3)cc1-n1cnnn1.Cl. The van der Waals surface area contributed by atoms with E-state index in [1.54, 1.807) is 13.2 Å². The van der Waals surface area contributed by atoms with E-state index >= 15 is 0 Å². The lowest BCUT2D eigenvalue weighted by Crippen LogP contribution is -2.39. The van der Waals surface area contributed by atoms with Crippen LogP contribution < -0.4 is 15.4 Å². The molecule has 1 amide bonds. The number of anilines is 1. The molecule has 1 aromatic carbocycles. The van der Waals surface area contributed by atoms with Crippen LogP contribution >= 0.6 is 12.4 Å². The Bertz CT molecular complexity index is 742. The predicted octanol–water partition coefficient (Wildman–Crippen LogP) is 1.95. The van der Waals surface area contributed by atoms with Gasteiger partial charge in [0.2, 0.25) is 5.91 Å². The number of carbonyl (C=O) groups is 1. The Morgan fingerprint density at radius 1 is 1.35 bits per heavy atom. The van der Waals surface area contributed by atoms with Crippen LogP contribution in [-0.2, 0) is 4.79 Å². The summed E-state index contributed by atoms with van der Waals surface area (Å²) < 4.78 is 6.86. The van der Waals surface area contributed by atoms with Gasteiger partial charge in [-0.3, -0.25) is 4.79 Å². The van der Waals surface area contributed by atoms with E-state index in [-0.39, 0.29) is 18.3 Å². The zero-order chi connectivity index (χ0) is 17.2. The van der Waals surface area contributed by atoms with Gasteiger partial charge in [0.15, 0.2) is 0 Å². The molecule has 2 N–H and O–H groups in total. The minimum atomic E-state index is 0. The van der Waals surface area contributed by atoms with Gasteiger partial charge in [0.05, 0.1) is 7.11 Å². The molecule has 1 aromatic heterocycles. The Morgan fingerprint density at radius 3 is 2.77 bits per heavy atom. The Hall–Kier alpha value is -2.19. The minimum Gasteiger partial charge on any atom is -0.494 e. The average Bonchev–Trinajstić information content (AvgIpc) is 3.24. The average molecular weight is 379 g/mol. The first kappa shape index (κ1) is 18.6. The molecule has 4 rings (SSSR count). The first-order chi connectivity index (χ1) is 12.2. The van der Waals surface area contributed by atoms with Crippen molar-refractivity contribution in [1.82, 2.24) is 25.5 Å². The lowest BCUT2D eigenvalue weighted by molar-refractivity contribution is -0.117. The van der Waals surface area contributed by atoms with Gasteiger partial charge in [-0.15, -0.1) is 17.5 Å². The first-order valence-corrected chi connectivity index (χ1v) is 8.68. The number of halogens is 1. The number of carbonyl (C=O) groups excluding carboxylic acids is 1. The number of benzene rings is 1. The molecule has 9 heteroatoms. The van der Waals surface area contributed by atoms with E-state index in [1.807, 2.05) is 12.1 Å². The smallest absolute Gasteiger partial charge is 0.224 e. The van der Waals surface area contributed by atoms with Crippen LogP contribution in [0.15, 0.2) is 24.5 Å². The van der Waals surface area contributed by atoms with Gasteiger partial charge >= 0.3 is 0 Å². The van der Waals surface area contributed by atoms with Crippen molar-refractivity contribution >= 4 is 24.0 Å². The summed E-state index contributed by atoms with van der Waals surface area (Å²) in [7, 11) is 1.59. The molecule has 8 nitrogen and oxygen atoms in total. The van der Waals surface area contributed by atoms with Crippen LogP contribution in [0.5, 0.6) is 5.75 Å². The summed E-state index contributed by atoms with van der Waals surface area (Å²) >= 11 is 0. The molecule has 2 unspecified atom stereocenters. The third-order valence-corrected chi connectivity index (χ3v) is 5.10. The van der Waals surface area contributed by atoms with Gasteiger partial charge in [-0.05, 0) is 60.2 Å². The molecule has 2 aliphatic heterocycles. The number of fused-ring (bicyclic) bond motifs is 2. The van der Waals surface area contributed by atoms with Crippen LogP contribution in [-0.4, -0.2) is 45.3 Å². The van der Waals surface area contributed by atoms with Crippen LogP contribution in [0, 0.1) is 5.92 Å². The minimum absolute atomic E-state index is 0. The second-order valence-electron chi connectivity index (χ2n) is 6.87. The fourth-order valence-electron chi connectivity index (χ4n) is 4.03. The third-order valence-electron chi connectivity index (χ3n) is 5.10. The monoisotopic (exact) mass is 378 g/mol. The Labute approximate surface area is 158 Å². The second-order valence-corrected chi connectivity index (χ2v) is 6.87. The molecule has 0 spiro atoms. The first-order valence-electron chi connectivity index (χ1n) is 8.68. The van der Waals surface area contributed by atoms with E-state index in [9.17, 15) is 4.79 Å². The highest BCUT2D eigenvalue weighted by molar-refractivity contribution is 5.91. The maximum absolute atomic E-state index is 12.5. The predicted molar refractivity (Wildman–Crippen MR) is 98.9 cm³/mol. The summed E-state index contributed by atoms with van der Waals surface area (Å²) in [6.07, 6.45) is 6.76. The largest absolute Gasteiger partial charge is 0.494 e. The van der Waals surface area contributed by atoms with Gasteiger partial charge in [-0.25, -0.2) is 0 Å². The van der Waals surface area contributed by atoms with Crippen molar-refractivity contribution in [3.05, 3.63) is 24.5 Å². The molecule has 140 valence electrons. The molecule has 26 heavy (non-hydrogen) atoms. The van der Waals surface area contributed by atoms with Gasteiger partial charge in [0, 0.05) is 24.2 Å². The van der Waals surface area contributed by atoms with E-state index in [2.05, 4.69) is 26.2 Å². The fourth-order valence-corrected chi connectivity index (χ4v) is 4.03. The highest BCUT2D eigenvalue weighted by atomic mass is 35.5. The molecule has 0 radical (unpaired) electrons. The molecule has 0 saturated carbocycles. The van der Waals surface area contributed by atoms with Gasteiger partial charge in [-0.2, -0.15) is 4.68 Å². The lowest BCUT2D eigenvalue weighted by atomic mass is 9.89. The van der Waals surface area contributed by atoms with Gasteiger partial charge < -0.3 is 15.4 Å². The van der Waals surface area contributed by atoms with Crippen molar-refractivity contribution < 1.29 is 9.53 Å². The summed E-state index contributed by atoms with van der Waals surface area (Å²) in [6.45, 7) is 0. The normalized spacial score (nSPS) is 24.0. The van der Waals surface area contributed by atoms with E-state index < -0.39 is 0 Å². The van der Waals surface area contributed by atoms with Crippen LogP contribution in [0.3, 0.4) is 0 Å². The number of nitrogens with one attached hydrogen (secondary N) is 2. The number of nitrogens with zero attached hydrogens (tertiary/aromatic N) is 4. The van der Waals surface area contributed by atoms with Crippen molar-refractivity contribution in [2.45, 2.75) is 44.2 Å². The van der Waals surface area contributed by atoms with Crippen LogP contribution in [0.25, 0.3) is 5.69 Å². The fraction of sp³-hybridized carbons (Fsp3) is 0.529. The van der Waals surface area contributed by atoms with Crippen LogP contribution in [0.1, 0.15) is 32.1 Å². The molecule has 2 aliphatic rings. The number of tetrazole rings is 1. The number of hydrogen-bond acceptors (Lipinski definition) is 6. The zero-order valence-corrected chi connectivity index (χ0v) is 15.4. The van der Waals surface area contributed by atoms with Crippen molar-refractivity contribution in [3.8, 4) is 11.4 Å². The summed E-state index contributed by atoms with van der Waals surface area (Å²) in [4.78, 5) is 12.5. The number of aromatic nitrogens is 4. The molecule has 2 aromatic rings. The quantitative estimate of drug-likeness (QED) is 0.825. The Morgan fingerprint density at radius 2 is 2.12 bits per heavy atom. The Kier molecular flexibility index (Phi) is 5.73. The molecule has 2 saturated heterocycles. The summed E-state index contributed by atoms with van der Waals surface area (Å²) in [5.74, 6) is 1.16. The van der Waals surface area contributed by atoms with Crippen LogP contribution in [0.2, 0.25) is 0 Å². The molecular formula is C17H23ClN6O2. The summed E-state index contributed by atoms with van der Waals surface area (Å²) in [5, 5.41) is 17.8. The summed E-state index contributed by atoms with van der Waals surface area (Å²) in [6, 6.07) is 6.65. The molecule has 3 heterocycles. The van der Waals surface area contributed by atoms with Gasteiger partial charge in [0.1, 0.15) is 17.8 Å². The number of rotatable bonds is 5. The number of amides is 1. The van der Waals surface area contributed by atoms with E-state index in [0.29, 0.717) is 41.5 Å². The summed E-state index contributed by atoms with van der Waals surface area (Å²) in [5.41, 5.74) is 1.40. The topological polar surface area (TPSA) is 94.0 Å². The van der Waals surface area contributed by atoms with E-state index in [0.717, 1.165) is 12.8 Å². The number of ether oxygens (including phenoxy) is 1. The molecule has 2 fully saturated rings. The molecular weight excluding hydrogens is 356 g/mol. The maximum Gasteiger partial charge on any atom is 0.224 e.